The second-order valence-electron chi connectivity index (χ2n) is 7.61. The lowest BCUT2D eigenvalue weighted by atomic mass is 9.95. The smallest absolute Gasteiger partial charge is 0.120 e. The Morgan fingerprint density at radius 1 is 0.933 bits per heavy atom. The van der Waals surface area contributed by atoms with E-state index in [0.717, 1.165) is 44.1 Å². The fourth-order valence-corrected chi connectivity index (χ4v) is 3.22. The summed E-state index contributed by atoms with van der Waals surface area (Å²) in [6.45, 7) is 6.37. The van der Waals surface area contributed by atoms with Gasteiger partial charge in [-0.15, -0.1) is 0 Å². The van der Waals surface area contributed by atoms with Gasteiger partial charge in [-0.05, 0) is 63.5 Å². The molecule has 0 radical (unpaired) electrons. The Morgan fingerprint density at radius 3 is 2.17 bits per heavy atom. The van der Waals surface area contributed by atoms with Gasteiger partial charge in [0, 0.05) is 6.42 Å². The average molecular weight is 407 g/mol. The van der Waals surface area contributed by atoms with E-state index in [-0.39, 0.29) is 0 Å². The van der Waals surface area contributed by atoms with Gasteiger partial charge < -0.3 is 9.53 Å². The number of carbonyl (C=O) groups is 1. The predicted molar refractivity (Wildman–Crippen MR) is 130 cm³/mol. The summed E-state index contributed by atoms with van der Waals surface area (Å²) in [5, 5.41) is 0. The third-order valence-electron chi connectivity index (χ3n) is 5.08. The number of carbonyl (C=O) groups excluding carboxylic acids is 1. The van der Waals surface area contributed by atoms with Crippen LogP contribution in [0.15, 0.2) is 95.4 Å². The Balaban J connectivity index is 3.09. The van der Waals surface area contributed by atoms with Crippen LogP contribution < -0.4 is 0 Å². The maximum atomic E-state index is 10.8. The molecule has 2 heteroatoms. The lowest BCUT2D eigenvalue weighted by Crippen LogP contribution is -1.98. The van der Waals surface area contributed by atoms with E-state index in [9.17, 15) is 4.79 Å². The first-order chi connectivity index (χ1) is 14.6. The molecule has 0 fully saturated rings. The van der Waals surface area contributed by atoms with Crippen LogP contribution >= 0.6 is 0 Å². The van der Waals surface area contributed by atoms with Gasteiger partial charge in [0.15, 0.2) is 0 Å². The summed E-state index contributed by atoms with van der Waals surface area (Å²) in [7, 11) is 1.73. The summed E-state index contributed by atoms with van der Waals surface area (Å²) in [6.07, 6.45) is 31.9. The molecule has 1 unspecified atom stereocenters. The number of allylic oxidation sites excluding steroid dienone is 15. The lowest BCUT2D eigenvalue weighted by Gasteiger charge is -2.10. The molecule has 2 nitrogen and oxygen atoms in total. The highest BCUT2D eigenvalue weighted by atomic mass is 16.5. The van der Waals surface area contributed by atoms with E-state index in [1.54, 1.807) is 7.11 Å². The first-order valence-corrected chi connectivity index (χ1v) is 11.0. The molecule has 0 saturated heterocycles. The zero-order chi connectivity index (χ0) is 22.0. The maximum Gasteiger partial charge on any atom is 0.120 e. The first kappa shape index (κ1) is 25.4. The van der Waals surface area contributed by atoms with E-state index in [0.29, 0.717) is 12.3 Å². The molecule has 1 atom stereocenters. The second-order valence-corrected chi connectivity index (χ2v) is 7.61. The Labute approximate surface area is 183 Å². The fourth-order valence-electron chi connectivity index (χ4n) is 3.22. The van der Waals surface area contributed by atoms with Crippen molar-refractivity contribution in [1.29, 1.82) is 0 Å². The van der Waals surface area contributed by atoms with Crippen molar-refractivity contribution in [1.82, 2.24) is 0 Å². The average Bonchev–Trinajstić information content (AvgIpc) is 2.74. The highest BCUT2D eigenvalue weighted by Gasteiger charge is 2.04. The zero-order valence-electron chi connectivity index (χ0n) is 19.1. The number of hydrogen-bond donors (Lipinski definition) is 0. The molecule has 0 N–H and O–H groups in total. The lowest BCUT2D eigenvalue weighted by molar-refractivity contribution is -0.108. The van der Waals surface area contributed by atoms with Crippen molar-refractivity contribution < 1.29 is 9.53 Å². The zero-order valence-corrected chi connectivity index (χ0v) is 19.1. The molecule has 0 heterocycles. The van der Waals surface area contributed by atoms with Crippen molar-refractivity contribution in [2.45, 2.75) is 59.3 Å². The van der Waals surface area contributed by atoms with Crippen molar-refractivity contribution in [2.75, 3.05) is 7.11 Å². The van der Waals surface area contributed by atoms with Gasteiger partial charge in [0.2, 0.25) is 0 Å². The van der Waals surface area contributed by atoms with Gasteiger partial charge in [0.05, 0.1) is 7.11 Å². The SMILES string of the molecule is CC/C1=C(OC)/C=C/C=C/C(C)=C/C=C/CC(CCC=O)C/C=C/C=C(C)\C=C\C1. The normalized spacial score (nSPS) is 30.6. The van der Waals surface area contributed by atoms with Crippen LogP contribution in [0.4, 0.5) is 0 Å². The minimum absolute atomic E-state index is 0.495. The van der Waals surface area contributed by atoms with Crippen LogP contribution in [0, 0.1) is 5.92 Å². The van der Waals surface area contributed by atoms with E-state index in [4.69, 9.17) is 4.74 Å². The van der Waals surface area contributed by atoms with Gasteiger partial charge in [0.25, 0.3) is 0 Å². The van der Waals surface area contributed by atoms with Gasteiger partial charge in [-0.2, -0.15) is 0 Å². The van der Waals surface area contributed by atoms with Crippen LogP contribution in [-0.2, 0) is 9.53 Å². The summed E-state index contributed by atoms with van der Waals surface area (Å²) in [4.78, 5) is 10.8. The highest BCUT2D eigenvalue weighted by Crippen LogP contribution is 2.18. The van der Waals surface area contributed by atoms with E-state index in [1.807, 2.05) is 18.2 Å². The Bertz CT molecular complexity index is 752. The number of aldehydes is 1. The van der Waals surface area contributed by atoms with Gasteiger partial charge in [-0.3, -0.25) is 0 Å². The van der Waals surface area contributed by atoms with E-state index in [1.165, 1.54) is 16.7 Å². The molecule has 0 bridgehead atoms. The molecule has 0 spiro atoms. The molecule has 30 heavy (non-hydrogen) atoms. The summed E-state index contributed by atoms with van der Waals surface area (Å²) in [5.41, 5.74) is 3.69. The van der Waals surface area contributed by atoms with Crippen LogP contribution in [0.5, 0.6) is 0 Å². The number of ether oxygens (including phenoxy) is 1. The summed E-state index contributed by atoms with van der Waals surface area (Å²) in [6, 6.07) is 0. The highest BCUT2D eigenvalue weighted by molar-refractivity contribution is 5.49. The summed E-state index contributed by atoms with van der Waals surface area (Å²) >= 11 is 0. The van der Waals surface area contributed by atoms with Gasteiger partial charge in [0.1, 0.15) is 12.0 Å². The third-order valence-corrected chi connectivity index (χ3v) is 5.08. The van der Waals surface area contributed by atoms with E-state index >= 15 is 0 Å². The van der Waals surface area contributed by atoms with Gasteiger partial charge in [-0.1, -0.05) is 84.9 Å². The van der Waals surface area contributed by atoms with E-state index < -0.39 is 0 Å². The van der Waals surface area contributed by atoms with Crippen molar-refractivity contribution in [3.05, 3.63) is 95.4 Å². The summed E-state index contributed by atoms with van der Waals surface area (Å²) < 4.78 is 5.61. The molecule has 0 saturated carbocycles. The molecule has 0 aromatic heterocycles. The molecule has 1 aliphatic carbocycles. The van der Waals surface area contributed by atoms with Crippen molar-refractivity contribution >= 4 is 6.29 Å². The largest absolute Gasteiger partial charge is 0.497 e. The number of hydrogen-bond acceptors (Lipinski definition) is 2. The quantitative estimate of drug-likeness (QED) is 0.436. The Kier molecular flexibility index (Phi) is 13.7. The van der Waals surface area contributed by atoms with Crippen molar-refractivity contribution in [2.24, 2.45) is 5.92 Å². The molecular formula is C28H38O2. The molecule has 1 aliphatic rings. The van der Waals surface area contributed by atoms with Crippen LogP contribution in [0.3, 0.4) is 0 Å². The molecule has 0 aromatic rings. The topological polar surface area (TPSA) is 26.3 Å². The van der Waals surface area contributed by atoms with Crippen LogP contribution in [0.2, 0.25) is 0 Å². The molecule has 1 rings (SSSR count). The minimum atomic E-state index is 0.495. The standard InChI is InChI=1S/C28H38O2/c1-5-27-21-12-17-25(3)15-7-10-19-26(20-13-23-29)18-9-6-14-24(2)16-8-11-22-28(27)30-4/h6-12,14-17,22-23,26H,5,13,18-21H2,1-4H3/b9-6+,10-7+,16-8+,17-12+,22-11+,24-14+,25-15-,28-27+. The molecule has 0 aromatic carbocycles. The Hall–Kier alpha value is -2.61. The number of rotatable bonds is 5. The molecule has 0 amide bonds. The molecule has 162 valence electrons. The molecule has 0 aliphatic heterocycles. The Morgan fingerprint density at radius 2 is 1.57 bits per heavy atom. The third kappa shape index (κ3) is 11.4. The van der Waals surface area contributed by atoms with Gasteiger partial charge >= 0.3 is 0 Å². The molecular weight excluding hydrogens is 368 g/mol. The van der Waals surface area contributed by atoms with Crippen molar-refractivity contribution in [3.63, 3.8) is 0 Å². The monoisotopic (exact) mass is 406 g/mol. The first-order valence-electron chi connectivity index (χ1n) is 11.0. The van der Waals surface area contributed by atoms with Crippen LogP contribution in [0.25, 0.3) is 0 Å². The minimum Gasteiger partial charge on any atom is -0.497 e. The second kappa shape index (κ2) is 16.2. The maximum absolute atomic E-state index is 10.8. The summed E-state index contributed by atoms with van der Waals surface area (Å²) in [5.74, 6) is 1.43. The van der Waals surface area contributed by atoms with Crippen molar-refractivity contribution in [3.8, 4) is 0 Å². The fraction of sp³-hybridized carbons (Fsp3) is 0.393. The van der Waals surface area contributed by atoms with E-state index in [2.05, 4.69) is 75.5 Å². The van der Waals surface area contributed by atoms with Gasteiger partial charge in [-0.25, -0.2) is 0 Å². The predicted octanol–water partition coefficient (Wildman–Crippen LogP) is 7.75. The van der Waals surface area contributed by atoms with Crippen LogP contribution in [0.1, 0.15) is 59.3 Å². The van der Waals surface area contributed by atoms with Crippen LogP contribution in [-0.4, -0.2) is 13.4 Å². The number of methoxy groups -OCH3 is 1.